The fourth-order valence-corrected chi connectivity index (χ4v) is 3.08. The zero-order valence-corrected chi connectivity index (χ0v) is 14.0. The van der Waals surface area contributed by atoms with Gasteiger partial charge in [0.05, 0.1) is 7.11 Å². The monoisotopic (exact) mass is 310 g/mol. The van der Waals surface area contributed by atoms with Crippen molar-refractivity contribution in [2.45, 2.75) is 45.2 Å². The number of hydrogen-bond donors (Lipinski definition) is 1. The van der Waals surface area contributed by atoms with Gasteiger partial charge in [0.2, 0.25) is 0 Å². The average molecular weight is 311 g/mol. The van der Waals surface area contributed by atoms with E-state index in [4.69, 9.17) is 16.3 Å². The molecule has 0 radical (unpaired) electrons. The van der Waals surface area contributed by atoms with Crippen molar-refractivity contribution < 1.29 is 4.74 Å². The Hall–Kier alpha value is -0.770. The van der Waals surface area contributed by atoms with Gasteiger partial charge in [-0.25, -0.2) is 0 Å². The highest BCUT2D eigenvalue weighted by Crippen LogP contribution is 2.23. The van der Waals surface area contributed by atoms with E-state index >= 15 is 0 Å². The molecule has 0 saturated carbocycles. The van der Waals surface area contributed by atoms with Crippen molar-refractivity contribution in [1.82, 2.24) is 10.2 Å². The molecule has 0 aromatic heterocycles. The van der Waals surface area contributed by atoms with E-state index in [9.17, 15) is 0 Å². The van der Waals surface area contributed by atoms with Gasteiger partial charge in [-0.3, -0.25) is 0 Å². The van der Waals surface area contributed by atoms with Crippen LogP contribution in [0.5, 0.6) is 5.75 Å². The van der Waals surface area contributed by atoms with E-state index in [-0.39, 0.29) is 0 Å². The van der Waals surface area contributed by atoms with Crippen LogP contribution in [0, 0.1) is 0 Å². The summed E-state index contributed by atoms with van der Waals surface area (Å²) in [6.07, 6.45) is 5.06. The molecular weight excluding hydrogens is 284 g/mol. The topological polar surface area (TPSA) is 24.5 Å². The van der Waals surface area contributed by atoms with Gasteiger partial charge in [0.15, 0.2) is 0 Å². The van der Waals surface area contributed by atoms with Gasteiger partial charge >= 0.3 is 0 Å². The Balaban J connectivity index is 1.78. The summed E-state index contributed by atoms with van der Waals surface area (Å²) < 4.78 is 5.39. The third-order valence-corrected chi connectivity index (χ3v) is 4.47. The number of piperidine rings is 1. The van der Waals surface area contributed by atoms with Crippen molar-refractivity contribution >= 4 is 11.6 Å². The molecule has 0 amide bonds. The summed E-state index contributed by atoms with van der Waals surface area (Å²) in [6.45, 7) is 6.76. The van der Waals surface area contributed by atoms with Gasteiger partial charge in [-0.05, 0) is 57.1 Å². The molecule has 1 aromatic rings. The quantitative estimate of drug-likeness (QED) is 0.831. The van der Waals surface area contributed by atoms with Crippen molar-refractivity contribution in [3.8, 4) is 5.75 Å². The number of methoxy groups -OCH3 is 1. The van der Waals surface area contributed by atoms with Gasteiger partial charge in [-0.1, -0.05) is 24.9 Å². The molecule has 118 valence electrons. The molecule has 21 heavy (non-hydrogen) atoms. The summed E-state index contributed by atoms with van der Waals surface area (Å²) >= 11 is 6.07. The second-order valence-electron chi connectivity index (χ2n) is 5.81. The van der Waals surface area contributed by atoms with E-state index in [1.54, 1.807) is 7.11 Å². The second-order valence-corrected chi connectivity index (χ2v) is 6.24. The van der Waals surface area contributed by atoms with Gasteiger partial charge in [-0.2, -0.15) is 0 Å². The minimum Gasteiger partial charge on any atom is -0.496 e. The fourth-order valence-electron chi connectivity index (χ4n) is 2.88. The molecule has 0 bridgehead atoms. The van der Waals surface area contributed by atoms with Crippen LogP contribution in [0.1, 0.15) is 38.2 Å². The van der Waals surface area contributed by atoms with Crippen LogP contribution in [0.2, 0.25) is 5.02 Å². The lowest BCUT2D eigenvalue weighted by Gasteiger charge is -2.32. The van der Waals surface area contributed by atoms with Crippen LogP contribution in [-0.4, -0.2) is 37.7 Å². The van der Waals surface area contributed by atoms with Gasteiger partial charge in [0.25, 0.3) is 0 Å². The smallest absolute Gasteiger partial charge is 0.123 e. The first kappa shape index (κ1) is 16.6. The van der Waals surface area contributed by atoms with Gasteiger partial charge in [0.1, 0.15) is 5.75 Å². The largest absolute Gasteiger partial charge is 0.496 e. The van der Waals surface area contributed by atoms with Gasteiger partial charge in [0, 0.05) is 23.2 Å². The molecule has 0 aliphatic carbocycles. The number of ether oxygens (including phenoxy) is 1. The number of unbranched alkanes of at least 4 members (excludes halogenated alkanes) is 1. The van der Waals surface area contributed by atoms with Crippen LogP contribution in [-0.2, 0) is 6.54 Å². The molecule has 0 spiro atoms. The number of benzene rings is 1. The zero-order valence-electron chi connectivity index (χ0n) is 13.2. The van der Waals surface area contributed by atoms with Crippen LogP contribution in [0.15, 0.2) is 18.2 Å². The predicted molar refractivity (Wildman–Crippen MR) is 89.2 cm³/mol. The highest BCUT2D eigenvalue weighted by molar-refractivity contribution is 6.30. The molecule has 1 aliphatic heterocycles. The molecule has 4 heteroatoms. The van der Waals surface area contributed by atoms with Gasteiger partial charge < -0.3 is 15.0 Å². The second kappa shape index (κ2) is 8.62. The molecule has 1 saturated heterocycles. The summed E-state index contributed by atoms with van der Waals surface area (Å²) in [5, 5.41) is 4.42. The number of hydrogen-bond acceptors (Lipinski definition) is 3. The van der Waals surface area contributed by atoms with Crippen LogP contribution >= 0.6 is 11.6 Å². The van der Waals surface area contributed by atoms with Crippen molar-refractivity contribution in [3.63, 3.8) is 0 Å². The van der Waals surface area contributed by atoms with E-state index in [1.165, 1.54) is 45.3 Å². The summed E-state index contributed by atoms with van der Waals surface area (Å²) in [7, 11) is 1.71. The van der Waals surface area contributed by atoms with E-state index in [0.717, 1.165) is 22.9 Å². The molecule has 3 nitrogen and oxygen atoms in total. The molecule has 0 atom stereocenters. The Bertz CT molecular complexity index is 431. The average Bonchev–Trinajstić information content (AvgIpc) is 2.52. The molecule has 1 aromatic carbocycles. The lowest BCUT2D eigenvalue weighted by Crippen LogP contribution is -2.42. The Labute approximate surface area is 133 Å². The van der Waals surface area contributed by atoms with E-state index < -0.39 is 0 Å². The maximum atomic E-state index is 6.07. The summed E-state index contributed by atoms with van der Waals surface area (Å²) in [5.41, 5.74) is 1.14. The van der Waals surface area contributed by atoms with E-state index in [0.29, 0.717) is 6.04 Å². The highest BCUT2D eigenvalue weighted by atomic mass is 35.5. The minimum atomic E-state index is 0.603. The summed E-state index contributed by atoms with van der Waals surface area (Å²) in [5.74, 6) is 0.910. The Kier molecular flexibility index (Phi) is 6.81. The minimum absolute atomic E-state index is 0.603. The normalized spacial score (nSPS) is 17.1. The van der Waals surface area contributed by atoms with E-state index in [1.807, 2.05) is 18.2 Å². The number of halogens is 1. The molecule has 1 heterocycles. The number of nitrogens with zero attached hydrogens (tertiary/aromatic N) is 1. The first-order valence-corrected chi connectivity index (χ1v) is 8.39. The molecule has 1 fully saturated rings. The molecule has 2 rings (SSSR count). The third-order valence-electron chi connectivity index (χ3n) is 4.24. The van der Waals surface area contributed by atoms with Gasteiger partial charge in [-0.15, -0.1) is 0 Å². The molecule has 1 N–H and O–H groups in total. The fraction of sp³-hybridized carbons (Fsp3) is 0.647. The van der Waals surface area contributed by atoms with Crippen LogP contribution in [0.3, 0.4) is 0 Å². The van der Waals surface area contributed by atoms with Crippen molar-refractivity contribution in [2.75, 3.05) is 26.7 Å². The molecule has 0 unspecified atom stereocenters. The number of rotatable bonds is 7. The van der Waals surface area contributed by atoms with Crippen molar-refractivity contribution in [3.05, 3.63) is 28.8 Å². The molecule has 1 aliphatic rings. The highest BCUT2D eigenvalue weighted by Gasteiger charge is 2.18. The maximum absolute atomic E-state index is 6.07. The number of likely N-dealkylation sites (tertiary alicyclic amines) is 1. The molecular formula is C17H27ClN2O. The summed E-state index contributed by atoms with van der Waals surface area (Å²) in [6, 6.07) is 6.40. The van der Waals surface area contributed by atoms with Crippen LogP contribution < -0.4 is 10.1 Å². The number of nitrogens with one attached hydrogen (secondary N) is 1. The third kappa shape index (κ3) is 5.17. The maximum Gasteiger partial charge on any atom is 0.123 e. The van der Waals surface area contributed by atoms with E-state index in [2.05, 4.69) is 17.1 Å². The Morgan fingerprint density at radius 2 is 2.10 bits per heavy atom. The van der Waals surface area contributed by atoms with Crippen molar-refractivity contribution in [1.29, 1.82) is 0 Å². The SMILES string of the molecule is CCCCN1CCC(NCc2cc(Cl)ccc2OC)CC1. The Morgan fingerprint density at radius 3 is 2.76 bits per heavy atom. The lowest BCUT2D eigenvalue weighted by atomic mass is 10.0. The first-order valence-electron chi connectivity index (χ1n) is 8.01. The van der Waals surface area contributed by atoms with Crippen LogP contribution in [0.25, 0.3) is 0 Å². The zero-order chi connectivity index (χ0) is 15.1. The Morgan fingerprint density at radius 1 is 1.33 bits per heavy atom. The predicted octanol–water partition coefficient (Wildman–Crippen LogP) is 3.70. The standard InChI is InChI=1S/C17H27ClN2O/c1-3-4-9-20-10-7-16(8-11-20)19-13-14-12-15(18)5-6-17(14)21-2/h5-6,12,16,19H,3-4,7-11,13H2,1-2H3. The van der Waals surface area contributed by atoms with Crippen molar-refractivity contribution in [2.24, 2.45) is 0 Å². The summed E-state index contributed by atoms with van der Waals surface area (Å²) in [4.78, 5) is 2.58. The lowest BCUT2D eigenvalue weighted by molar-refractivity contribution is 0.194. The van der Waals surface area contributed by atoms with Crippen LogP contribution in [0.4, 0.5) is 0 Å². The first-order chi connectivity index (χ1) is 10.2.